The second-order valence-electron chi connectivity index (χ2n) is 4.30. The maximum absolute atomic E-state index is 5.76. The maximum atomic E-state index is 5.76. The Kier molecular flexibility index (Phi) is 3.94. The third kappa shape index (κ3) is 2.82. The fourth-order valence-corrected chi connectivity index (χ4v) is 2.19. The van der Waals surface area contributed by atoms with E-state index in [4.69, 9.17) is 5.73 Å². The topological polar surface area (TPSA) is 29.3 Å². The SMILES string of the molecule is C=C(C)CN1C(C)CCCC1CN. The summed E-state index contributed by atoms with van der Waals surface area (Å²) in [5.41, 5.74) is 7.00. The highest BCUT2D eigenvalue weighted by Gasteiger charge is 2.26. The zero-order chi connectivity index (χ0) is 9.84. The lowest BCUT2D eigenvalue weighted by atomic mass is 9.96. The summed E-state index contributed by atoms with van der Waals surface area (Å²) in [7, 11) is 0. The van der Waals surface area contributed by atoms with Crippen LogP contribution in [0.4, 0.5) is 0 Å². The van der Waals surface area contributed by atoms with Gasteiger partial charge in [0.05, 0.1) is 0 Å². The summed E-state index contributed by atoms with van der Waals surface area (Å²) < 4.78 is 0. The minimum atomic E-state index is 0.584. The van der Waals surface area contributed by atoms with Crippen LogP contribution >= 0.6 is 0 Å². The molecule has 0 amide bonds. The van der Waals surface area contributed by atoms with Gasteiger partial charge in [-0.15, -0.1) is 0 Å². The Hall–Kier alpha value is -0.340. The summed E-state index contributed by atoms with van der Waals surface area (Å²) in [6, 6.07) is 1.26. The van der Waals surface area contributed by atoms with Crippen molar-refractivity contribution >= 4 is 0 Å². The van der Waals surface area contributed by atoms with Crippen LogP contribution in [0.5, 0.6) is 0 Å². The molecule has 76 valence electrons. The molecule has 1 fully saturated rings. The highest BCUT2D eigenvalue weighted by Crippen LogP contribution is 2.22. The molecule has 0 aromatic heterocycles. The first-order valence-corrected chi connectivity index (χ1v) is 5.25. The molecule has 0 radical (unpaired) electrons. The molecule has 1 saturated heterocycles. The molecule has 13 heavy (non-hydrogen) atoms. The Morgan fingerprint density at radius 1 is 1.54 bits per heavy atom. The Morgan fingerprint density at radius 2 is 2.23 bits per heavy atom. The second-order valence-corrected chi connectivity index (χ2v) is 4.30. The van der Waals surface area contributed by atoms with Gasteiger partial charge in [-0.05, 0) is 26.7 Å². The lowest BCUT2D eigenvalue weighted by Crippen LogP contribution is -2.49. The molecular weight excluding hydrogens is 160 g/mol. The second kappa shape index (κ2) is 4.77. The minimum Gasteiger partial charge on any atom is -0.329 e. The van der Waals surface area contributed by atoms with E-state index in [9.17, 15) is 0 Å². The van der Waals surface area contributed by atoms with Crippen LogP contribution in [-0.2, 0) is 0 Å². The van der Waals surface area contributed by atoms with Crippen molar-refractivity contribution < 1.29 is 0 Å². The van der Waals surface area contributed by atoms with Gasteiger partial charge in [0.15, 0.2) is 0 Å². The highest BCUT2D eigenvalue weighted by atomic mass is 15.2. The van der Waals surface area contributed by atoms with Gasteiger partial charge in [0.2, 0.25) is 0 Å². The summed E-state index contributed by atoms with van der Waals surface area (Å²) in [4.78, 5) is 2.51. The van der Waals surface area contributed by atoms with Gasteiger partial charge in [-0.3, -0.25) is 4.90 Å². The van der Waals surface area contributed by atoms with Gasteiger partial charge in [0.1, 0.15) is 0 Å². The summed E-state index contributed by atoms with van der Waals surface area (Å²) in [6.45, 7) is 10.2. The molecule has 2 heteroatoms. The van der Waals surface area contributed by atoms with Crippen LogP contribution in [0.2, 0.25) is 0 Å². The lowest BCUT2D eigenvalue weighted by molar-refractivity contribution is 0.109. The highest BCUT2D eigenvalue weighted by molar-refractivity contribution is 4.96. The standard InChI is InChI=1S/C11H22N2/c1-9(2)8-13-10(3)5-4-6-11(13)7-12/h10-11H,1,4-8,12H2,2-3H3. The molecule has 1 rings (SSSR count). The molecule has 0 saturated carbocycles. The van der Waals surface area contributed by atoms with E-state index in [0.29, 0.717) is 12.1 Å². The Bertz CT molecular complexity index is 177. The molecule has 1 aliphatic rings. The van der Waals surface area contributed by atoms with Crippen molar-refractivity contribution in [3.63, 3.8) is 0 Å². The van der Waals surface area contributed by atoms with E-state index in [0.717, 1.165) is 13.1 Å². The van der Waals surface area contributed by atoms with Crippen molar-refractivity contribution in [2.24, 2.45) is 5.73 Å². The summed E-state index contributed by atoms with van der Waals surface area (Å²) >= 11 is 0. The first kappa shape index (κ1) is 10.7. The molecule has 0 bridgehead atoms. The molecule has 2 unspecified atom stereocenters. The smallest absolute Gasteiger partial charge is 0.0224 e. The normalized spacial score (nSPS) is 30.4. The van der Waals surface area contributed by atoms with Crippen molar-refractivity contribution in [1.29, 1.82) is 0 Å². The Morgan fingerprint density at radius 3 is 2.77 bits per heavy atom. The zero-order valence-corrected chi connectivity index (χ0v) is 8.92. The Labute approximate surface area is 81.8 Å². The zero-order valence-electron chi connectivity index (χ0n) is 8.92. The average Bonchev–Trinajstić information content (AvgIpc) is 2.08. The van der Waals surface area contributed by atoms with E-state index in [1.165, 1.54) is 24.8 Å². The van der Waals surface area contributed by atoms with E-state index >= 15 is 0 Å². The molecular formula is C11H22N2. The van der Waals surface area contributed by atoms with E-state index in [2.05, 4.69) is 25.3 Å². The van der Waals surface area contributed by atoms with Crippen molar-refractivity contribution in [3.05, 3.63) is 12.2 Å². The van der Waals surface area contributed by atoms with Gasteiger partial charge < -0.3 is 5.73 Å². The van der Waals surface area contributed by atoms with Crippen molar-refractivity contribution in [3.8, 4) is 0 Å². The molecule has 2 atom stereocenters. The molecule has 0 spiro atoms. The number of nitrogens with two attached hydrogens (primary N) is 1. The molecule has 2 N–H and O–H groups in total. The number of nitrogens with zero attached hydrogens (tertiary/aromatic N) is 1. The van der Waals surface area contributed by atoms with Crippen LogP contribution in [0.3, 0.4) is 0 Å². The van der Waals surface area contributed by atoms with Crippen LogP contribution in [0.25, 0.3) is 0 Å². The quantitative estimate of drug-likeness (QED) is 0.674. The molecule has 2 nitrogen and oxygen atoms in total. The van der Waals surface area contributed by atoms with Crippen molar-refractivity contribution in [2.45, 2.75) is 45.2 Å². The predicted octanol–water partition coefficient (Wildman–Crippen LogP) is 1.76. The fraction of sp³-hybridized carbons (Fsp3) is 0.818. The molecule has 1 heterocycles. The first-order valence-electron chi connectivity index (χ1n) is 5.25. The van der Waals surface area contributed by atoms with E-state index < -0.39 is 0 Å². The third-order valence-electron chi connectivity index (χ3n) is 2.92. The maximum Gasteiger partial charge on any atom is 0.0224 e. The van der Waals surface area contributed by atoms with Crippen LogP contribution in [0, 0.1) is 0 Å². The van der Waals surface area contributed by atoms with Crippen molar-refractivity contribution in [1.82, 2.24) is 4.90 Å². The summed E-state index contributed by atoms with van der Waals surface area (Å²) in [6.07, 6.45) is 3.90. The van der Waals surface area contributed by atoms with E-state index in [-0.39, 0.29) is 0 Å². The van der Waals surface area contributed by atoms with Gasteiger partial charge in [-0.1, -0.05) is 18.6 Å². The molecule has 1 aliphatic heterocycles. The van der Waals surface area contributed by atoms with Crippen LogP contribution in [-0.4, -0.2) is 30.1 Å². The lowest BCUT2D eigenvalue weighted by Gasteiger charge is -2.40. The molecule has 0 aromatic carbocycles. The number of hydrogen-bond donors (Lipinski definition) is 1. The van der Waals surface area contributed by atoms with E-state index in [1.807, 2.05) is 0 Å². The summed E-state index contributed by atoms with van der Waals surface area (Å²) in [5, 5.41) is 0. The monoisotopic (exact) mass is 182 g/mol. The van der Waals surface area contributed by atoms with Gasteiger partial charge in [-0.2, -0.15) is 0 Å². The fourth-order valence-electron chi connectivity index (χ4n) is 2.19. The van der Waals surface area contributed by atoms with Gasteiger partial charge in [0.25, 0.3) is 0 Å². The van der Waals surface area contributed by atoms with Crippen LogP contribution in [0.1, 0.15) is 33.1 Å². The van der Waals surface area contributed by atoms with Crippen LogP contribution in [0.15, 0.2) is 12.2 Å². The molecule has 0 aliphatic carbocycles. The first-order chi connectivity index (χ1) is 6.15. The minimum absolute atomic E-state index is 0.584. The molecule has 0 aromatic rings. The van der Waals surface area contributed by atoms with Gasteiger partial charge >= 0.3 is 0 Å². The van der Waals surface area contributed by atoms with Gasteiger partial charge in [0, 0.05) is 25.2 Å². The number of piperidine rings is 1. The van der Waals surface area contributed by atoms with Crippen molar-refractivity contribution in [2.75, 3.05) is 13.1 Å². The largest absolute Gasteiger partial charge is 0.329 e. The number of hydrogen-bond acceptors (Lipinski definition) is 2. The van der Waals surface area contributed by atoms with E-state index in [1.54, 1.807) is 0 Å². The predicted molar refractivity (Wildman–Crippen MR) is 57.7 cm³/mol. The summed E-state index contributed by atoms with van der Waals surface area (Å²) in [5.74, 6) is 0. The number of rotatable bonds is 3. The van der Waals surface area contributed by atoms with Gasteiger partial charge in [-0.25, -0.2) is 0 Å². The third-order valence-corrected chi connectivity index (χ3v) is 2.92. The van der Waals surface area contributed by atoms with Crippen LogP contribution < -0.4 is 5.73 Å². The Balaban J connectivity index is 2.56. The average molecular weight is 182 g/mol. The number of likely N-dealkylation sites (tertiary alicyclic amines) is 1.